The fourth-order valence-electron chi connectivity index (χ4n) is 4.66. The highest BCUT2D eigenvalue weighted by Gasteiger charge is 2.30. The van der Waals surface area contributed by atoms with Crippen molar-refractivity contribution < 1.29 is 19.4 Å². The van der Waals surface area contributed by atoms with Crippen LogP contribution >= 0.6 is 11.6 Å². The second kappa shape index (κ2) is 9.68. The zero-order chi connectivity index (χ0) is 24.4. The van der Waals surface area contributed by atoms with Crippen LogP contribution in [0.25, 0.3) is 16.8 Å². The Hall–Kier alpha value is -4.03. The summed E-state index contributed by atoms with van der Waals surface area (Å²) in [5, 5.41) is 12.8. The van der Waals surface area contributed by atoms with E-state index < -0.39 is 18.1 Å². The van der Waals surface area contributed by atoms with E-state index in [0.29, 0.717) is 10.7 Å². The predicted molar refractivity (Wildman–Crippen MR) is 134 cm³/mol. The minimum absolute atomic E-state index is 0.0672. The Labute approximate surface area is 207 Å². The van der Waals surface area contributed by atoms with Crippen LogP contribution in [-0.2, 0) is 16.0 Å². The second-order valence-corrected chi connectivity index (χ2v) is 8.79. The molecular formula is C28H23ClN2O4. The number of nitrogens with one attached hydrogen (secondary N) is 1. The third-order valence-electron chi connectivity index (χ3n) is 6.29. The van der Waals surface area contributed by atoms with E-state index in [4.69, 9.17) is 16.3 Å². The Balaban J connectivity index is 1.28. The van der Waals surface area contributed by atoms with Crippen molar-refractivity contribution in [2.75, 3.05) is 6.61 Å². The molecule has 1 heterocycles. The smallest absolute Gasteiger partial charge is 0.407 e. The maximum Gasteiger partial charge on any atom is 0.407 e. The Morgan fingerprint density at radius 3 is 2.20 bits per heavy atom. The molecule has 1 aliphatic carbocycles. The zero-order valence-corrected chi connectivity index (χ0v) is 19.5. The van der Waals surface area contributed by atoms with Gasteiger partial charge in [0.25, 0.3) is 0 Å². The van der Waals surface area contributed by atoms with Crippen LogP contribution in [0.1, 0.15) is 22.7 Å². The molecule has 0 saturated heterocycles. The van der Waals surface area contributed by atoms with Gasteiger partial charge in [-0.2, -0.15) is 0 Å². The van der Waals surface area contributed by atoms with Gasteiger partial charge in [-0.3, -0.25) is 0 Å². The topological polar surface area (TPSA) is 80.6 Å². The lowest BCUT2D eigenvalue weighted by molar-refractivity contribution is -0.139. The van der Waals surface area contributed by atoms with Crippen molar-refractivity contribution in [1.82, 2.24) is 9.88 Å². The molecule has 2 N–H and O–H groups in total. The number of nitrogens with zero attached hydrogens (tertiary/aromatic N) is 1. The van der Waals surface area contributed by atoms with Gasteiger partial charge in [-0.15, -0.1) is 0 Å². The Morgan fingerprint density at radius 2 is 1.54 bits per heavy atom. The minimum atomic E-state index is -1.17. The molecule has 6 nitrogen and oxygen atoms in total. The third kappa shape index (κ3) is 4.53. The number of carbonyl (C=O) groups is 2. The number of fused-ring (bicyclic) bond motifs is 3. The fourth-order valence-corrected chi connectivity index (χ4v) is 4.88. The van der Waals surface area contributed by atoms with Crippen molar-refractivity contribution in [2.24, 2.45) is 0 Å². The van der Waals surface area contributed by atoms with Crippen molar-refractivity contribution >= 4 is 23.7 Å². The highest BCUT2D eigenvalue weighted by Crippen LogP contribution is 2.44. The summed E-state index contributed by atoms with van der Waals surface area (Å²) < 4.78 is 7.35. The molecule has 1 aliphatic rings. The highest BCUT2D eigenvalue weighted by atomic mass is 35.5. The number of carbonyl (C=O) groups excluding carboxylic acids is 1. The average Bonchev–Trinajstić information content (AvgIpc) is 3.45. The van der Waals surface area contributed by atoms with Gasteiger partial charge in [-0.1, -0.05) is 72.3 Å². The molecule has 5 rings (SSSR count). The van der Waals surface area contributed by atoms with Gasteiger partial charge in [0.2, 0.25) is 0 Å². The van der Waals surface area contributed by atoms with Crippen LogP contribution in [0.2, 0.25) is 5.02 Å². The number of aliphatic carboxylic acids is 1. The monoisotopic (exact) mass is 486 g/mol. The summed E-state index contributed by atoms with van der Waals surface area (Å²) in [4.78, 5) is 24.6. The Bertz CT molecular complexity index is 1350. The molecule has 7 heteroatoms. The molecule has 0 fully saturated rings. The molecule has 0 aliphatic heterocycles. The summed E-state index contributed by atoms with van der Waals surface area (Å²) in [5.41, 5.74) is 5.87. The normalized spacial score (nSPS) is 13.1. The third-order valence-corrected chi connectivity index (χ3v) is 6.61. The number of ether oxygens (including phenoxy) is 1. The van der Waals surface area contributed by atoms with Gasteiger partial charge in [0.05, 0.1) is 10.7 Å². The molecule has 1 atom stereocenters. The fraction of sp³-hybridized carbons (Fsp3) is 0.143. The van der Waals surface area contributed by atoms with Crippen LogP contribution in [-0.4, -0.2) is 34.4 Å². The number of benzene rings is 3. The van der Waals surface area contributed by atoms with Crippen molar-refractivity contribution in [3.8, 4) is 16.8 Å². The number of halogens is 1. The van der Waals surface area contributed by atoms with Gasteiger partial charge in [0.15, 0.2) is 0 Å². The molecule has 1 aromatic heterocycles. The SMILES string of the molecule is O=C(NC(Cc1cccn1-c1ccccc1Cl)C(=O)O)OCC1c2ccccc2-c2ccccc21. The number of aromatic nitrogens is 1. The van der Waals surface area contributed by atoms with E-state index in [0.717, 1.165) is 27.9 Å². The molecule has 1 unspecified atom stereocenters. The van der Waals surface area contributed by atoms with Crippen LogP contribution in [0.3, 0.4) is 0 Å². The molecule has 0 saturated carbocycles. The molecule has 4 aromatic rings. The summed E-state index contributed by atoms with van der Waals surface area (Å²) in [6, 6.07) is 25.8. The van der Waals surface area contributed by atoms with Gasteiger partial charge in [0, 0.05) is 24.2 Å². The Morgan fingerprint density at radius 1 is 0.914 bits per heavy atom. The van der Waals surface area contributed by atoms with Crippen LogP contribution in [0, 0.1) is 0 Å². The summed E-state index contributed by atoms with van der Waals surface area (Å²) in [5.74, 6) is -1.25. The molecule has 3 aromatic carbocycles. The number of carboxylic acids is 1. The molecule has 35 heavy (non-hydrogen) atoms. The number of para-hydroxylation sites is 1. The first-order valence-electron chi connectivity index (χ1n) is 11.3. The number of hydrogen-bond acceptors (Lipinski definition) is 3. The second-order valence-electron chi connectivity index (χ2n) is 8.39. The molecule has 0 spiro atoms. The molecule has 176 valence electrons. The predicted octanol–water partition coefficient (Wildman–Crippen LogP) is 5.67. The number of hydrogen-bond donors (Lipinski definition) is 2. The van der Waals surface area contributed by atoms with Crippen molar-refractivity contribution in [3.05, 3.63) is 113 Å². The average molecular weight is 487 g/mol. The molecular weight excluding hydrogens is 464 g/mol. The first-order valence-corrected chi connectivity index (χ1v) is 11.7. The van der Waals surface area contributed by atoms with E-state index >= 15 is 0 Å². The van der Waals surface area contributed by atoms with Crippen LogP contribution < -0.4 is 5.32 Å². The number of carboxylic acid groups (broad SMARTS) is 1. The van der Waals surface area contributed by atoms with E-state index in [-0.39, 0.29) is 18.9 Å². The van der Waals surface area contributed by atoms with Crippen LogP contribution in [0.15, 0.2) is 91.1 Å². The largest absolute Gasteiger partial charge is 0.480 e. The van der Waals surface area contributed by atoms with Gasteiger partial charge in [-0.25, -0.2) is 9.59 Å². The lowest BCUT2D eigenvalue weighted by Crippen LogP contribution is -2.43. The van der Waals surface area contributed by atoms with Crippen molar-refractivity contribution in [3.63, 3.8) is 0 Å². The van der Waals surface area contributed by atoms with E-state index in [9.17, 15) is 14.7 Å². The van der Waals surface area contributed by atoms with Crippen molar-refractivity contribution in [1.29, 1.82) is 0 Å². The molecule has 0 radical (unpaired) electrons. The zero-order valence-electron chi connectivity index (χ0n) is 18.7. The maximum atomic E-state index is 12.7. The molecule has 0 bridgehead atoms. The quantitative estimate of drug-likeness (QED) is 0.353. The summed E-state index contributed by atoms with van der Waals surface area (Å²) in [6.45, 7) is 0.113. The van der Waals surface area contributed by atoms with Crippen molar-refractivity contribution in [2.45, 2.75) is 18.4 Å². The minimum Gasteiger partial charge on any atom is -0.480 e. The van der Waals surface area contributed by atoms with Gasteiger partial charge >= 0.3 is 12.1 Å². The summed E-state index contributed by atoms with van der Waals surface area (Å²) >= 11 is 6.32. The van der Waals surface area contributed by atoms with Gasteiger partial charge < -0.3 is 19.7 Å². The van der Waals surface area contributed by atoms with Gasteiger partial charge in [0.1, 0.15) is 12.6 Å². The first kappa shape index (κ1) is 22.7. The number of rotatable bonds is 7. The van der Waals surface area contributed by atoms with E-state index in [1.54, 1.807) is 12.1 Å². The number of amides is 1. The lowest BCUT2D eigenvalue weighted by Gasteiger charge is -2.18. The summed E-state index contributed by atoms with van der Waals surface area (Å²) in [6.07, 6.45) is 1.11. The Kier molecular flexibility index (Phi) is 6.29. The maximum absolute atomic E-state index is 12.7. The lowest BCUT2D eigenvalue weighted by atomic mass is 9.98. The van der Waals surface area contributed by atoms with Crippen LogP contribution in [0.5, 0.6) is 0 Å². The summed E-state index contributed by atoms with van der Waals surface area (Å²) in [7, 11) is 0. The van der Waals surface area contributed by atoms with E-state index in [1.807, 2.05) is 71.4 Å². The highest BCUT2D eigenvalue weighted by molar-refractivity contribution is 6.32. The van der Waals surface area contributed by atoms with Crippen LogP contribution in [0.4, 0.5) is 4.79 Å². The van der Waals surface area contributed by atoms with Gasteiger partial charge in [-0.05, 0) is 46.5 Å². The number of alkyl carbamates (subject to hydrolysis) is 1. The molecule has 1 amide bonds. The van der Waals surface area contributed by atoms with E-state index in [2.05, 4.69) is 17.4 Å². The standard InChI is InChI=1S/C28H23ClN2O4/c29-24-13-5-6-14-26(24)31-15-7-8-18(31)16-25(27(32)33)30-28(34)35-17-23-21-11-3-1-9-19(21)20-10-2-4-12-22(20)23/h1-15,23,25H,16-17H2,(H,30,34)(H,32,33). The first-order chi connectivity index (χ1) is 17.0. The van der Waals surface area contributed by atoms with E-state index in [1.165, 1.54) is 0 Å².